The van der Waals surface area contributed by atoms with E-state index < -0.39 is 0 Å². The van der Waals surface area contributed by atoms with Crippen LogP contribution in [0.1, 0.15) is 24.6 Å². The van der Waals surface area contributed by atoms with E-state index in [2.05, 4.69) is 5.10 Å². The Morgan fingerprint density at radius 3 is 3.18 bits per heavy atom. The molecule has 1 aromatic heterocycles. The van der Waals surface area contributed by atoms with E-state index in [-0.39, 0.29) is 6.04 Å². The van der Waals surface area contributed by atoms with E-state index in [9.17, 15) is 0 Å². The lowest BCUT2D eigenvalue weighted by Gasteiger charge is -2.19. The number of aromatic nitrogens is 2. The Morgan fingerprint density at radius 2 is 2.45 bits per heavy atom. The van der Waals surface area contributed by atoms with Gasteiger partial charge in [-0.2, -0.15) is 5.10 Å². The Labute approximate surface area is 65.2 Å². The zero-order valence-electron chi connectivity index (χ0n) is 6.33. The Kier molecular flexibility index (Phi) is 1.35. The summed E-state index contributed by atoms with van der Waals surface area (Å²) < 4.78 is 1.91. The van der Waals surface area contributed by atoms with Crippen LogP contribution in [0, 0.1) is 0 Å². The molecule has 1 aliphatic rings. The third-order valence-corrected chi connectivity index (χ3v) is 2.09. The number of hydrogen-bond acceptors (Lipinski definition) is 3. The van der Waals surface area contributed by atoms with Gasteiger partial charge < -0.3 is 11.5 Å². The summed E-state index contributed by atoms with van der Waals surface area (Å²) in [5, 5.41) is 4.12. The first kappa shape index (κ1) is 6.67. The van der Waals surface area contributed by atoms with E-state index in [0.29, 0.717) is 5.82 Å². The predicted octanol–water partition coefficient (Wildman–Crippen LogP) is 0.259. The molecule has 4 N–H and O–H groups in total. The third-order valence-electron chi connectivity index (χ3n) is 2.09. The van der Waals surface area contributed by atoms with E-state index in [0.717, 1.165) is 25.1 Å². The maximum absolute atomic E-state index is 5.84. The standard InChI is InChI=1S/C7H12N4/c8-5-2-1-3-11-6(5)4-7(9)10-11/h4-5H,1-3,8H2,(H2,9,10). The SMILES string of the molecule is Nc1cc2n(n1)CCCC2N. The van der Waals surface area contributed by atoms with E-state index >= 15 is 0 Å². The molecule has 1 atom stereocenters. The molecule has 4 heteroatoms. The van der Waals surface area contributed by atoms with Crippen LogP contribution >= 0.6 is 0 Å². The minimum atomic E-state index is 0.133. The van der Waals surface area contributed by atoms with Crippen LogP contribution < -0.4 is 11.5 Å². The van der Waals surface area contributed by atoms with Gasteiger partial charge in [-0.3, -0.25) is 4.68 Å². The van der Waals surface area contributed by atoms with Gasteiger partial charge in [-0.25, -0.2) is 0 Å². The summed E-state index contributed by atoms with van der Waals surface area (Å²) in [5.74, 6) is 0.581. The summed E-state index contributed by atoms with van der Waals surface area (Å²) in [5.41, 5.74) is 12.5. The number of hydrogen-bond donors (Lipinski definition) is 2. The number of aryl methyl sites for hydroxylation is 1. The Balaban J connectivity index is 2.43. The molecule has 0 aliphatic carbocycles. The number of nitrogens with two attached hydrogens (primary N) is 2. The number of anilines is 1. The molecule has 0 saturated heterocycles. The van der Waals surface area contributed by atoms with Crippen molar-refractivity contribution < 1.29 is 0 Å². The van der Waals surface area contributed by atoms with Crippen molar-refractivity contribution in [1.29, 1.82) is 0 Å². The van der Waals surface area contributed by atoms with Crippen molar-refractivity contribution in [2.75, 3.05) is 5.73 Å². The zero-order chi connectivity index (χ0) is 7.84. The van der Waals surface area contributed by atoms with Gasteiger partial charge in [0.15, 0.2) is 0 Å². The van der Waals surface area contributed by atoms with Gasteiger partial charge in [-0.05, 0) is 12.8 Å². The summed E-state index contributed by atoms with van der Waals surface area (Å²) in [6.07, 6.45) is 2.15. The van der Waals surface area contributed by atoms with Gasteiger partial charge in [0.25, 0.3) is 0 Å². The first-order chi connectivity index (χ1) is 5.27. The molecule has 2 rings (SSSR count). The van der Waals surface area contributed by atoms with E-state index in [1.807, 2.05) is 10.7 Å². The minimum absolute atomic E-state index is 0.133. The molecule has 1 aromatic rings. The van der Waals surface area contributed by atoms with E-state index in [1.54, 1.807) is 0 Å². The summed E-state index contributed by atoms with van der Waals surface area (Å²) in [7, 11) is 0. The Bertz CT molecular complexity index is 265. The van der Waals surface area contributed by atoms with Crippen molar-refractivity contribution in [1.82, 2.24) is 9.78 Å². The Morgan fingerprint density at radius 1 is 1.64 bits per heavy atom. The highest BCUT2D eigenvalue weighted by Gasteiger charge is 2.17. The second kappa shape index (κ2) is 2.23. The molecule has 0 radical (unpaired) electrons. The maximum Gasteiger partial charge on any atom is 0.145 e. The number of fused-ring (bicyclic) bond motifs is 1. The summed E-state index contributed by atoms with van der Waals surface area (Å²) in [4.78, 5) is 0. The van der Waals surface area contributed by atoms with Crippen LogP contribution in [0.25, 0.3) is 0 Å². The van der Waals surface area contributed by atoms with Crippen molar-refractivity contribution in [3.8, 4) is 0 Å². The molecule has 1 unspecified atom stereocenters. The highest BCUT2D eigenvalue weighted by molar-refractivity contribution is 5.31. The van der Waals surface area contributed by atoms with Crippen LogP contribution in [-0.4, -0.2) is 9.78 Å². The molecule has 2 heterocycles. The molecule has 0 spiro atoms. The molecular weight excluding hydrogens is 140 g/mol. The van der Waals surface area contributed by atoms with Crippen molar-refractivity contribution >= 4 is 5.82 Å². The largest absolute Gasteiger partial charge is 0.382 e. The van der Waals surface area contributed by atoms with Gasteiger partial charge >= 0.3 is 0 Å². The average molecular weight is 152 g/mol. The average Bonchev–Trinajstić information content (AvgIpc) is 2.31. The second-order valence-corrected chi connectivity index (χ2v) is 2.97. The predicted molar refractivity (Wildman–Crippen MR) is 42.8 cm³/mol. The van der Waals surface area contributed by atoms with Gasteiger partial charge in [0, 0.05) is 18.7 Å². The summed E-state index contributed by atoms with van der Waals surface area (Å²) >= 11 is 0. The molecular formula is C7H12N4. The highest BCUT2D eigenvalue weighted by atomic mass is 15.3. The molecule has 11 heavy (non-hydrogen) atoms. The van der Waals surface area contributed by atoms with E-state index in [1.165, 1.54) is 0 Å². The van der Waals surface area contributed by atoms with E-state index in [4.69, 9.17) is 11.5 Å². The summed E-state index contributed by atoms with van der Waals surface area (Å²) in [6, 6.07) is 2.00. The van der Waals surface area contributed by atoms with Gasteiger partial charge in [0.1, 0.15) is 5.82 Å². The monoisotopic (exact) mass is 152 g/mol. The van der Waals surface area contributed by atoms with Gasteiger partial charge in [0.2, 0.25) is 0 Å². The van der Waals surface area contributed by atoms with Crippen LogP contribution in [0.5, 0.6) is 0 Å². The van der Waals surface area contributed by atoms with Crippen LogP contribution in [0.4, 0.5) is 5.82 Å². The van der Waals surface area contributed by atoms with Crippen LogP contribution in [0.15, 0.2) is 6.07 Å². The number of rotatable bonds is 0. The number of nitrogen functional groups attached to an aromatic ring is 1. The molecule has 0 amide bonds. The fourth-order valence-corrected chi connectivity index (χ4v) is 1.54. The van der Waals surface area contributed by atoms with Crippen LogP contribution in [-0.2, 0) is 6.54 Å². The lowest BCUT2D eigenvalue weighted by molar-refractivity contribution is 0.431. The molecule has 0 aromatic carbocycles. The molecule has 0 saturated carbocycles. The lowest BCUT2D eigenvalue weighted by atomic mass is 10.1. The van der Waals surface area contributed by atoms with Crippen molar-refractivity contribution in [2.45, 2.75) is 25.4 Å². The van der Waals surface area contributed by atoms with Gasteiger partial charge in [-0.15, -0.1) is 0 Å². The second-order valence-electron chi connectivity index (χ2n) is 2.97. The summed E-state index contributed by atoms with van der Waals surface area (Å²) in [6.45, 7) is 0.959. The maximum atomic E-state index is 5.84. The Hall–Kier alpha value is -1.03. The lowest BCUT2D eigenvalue weighted by Crippen LogP contribution is -2.21. The first-order valence-electron chi connectivity index (χ1n) is 3.86. The van der Waals surface area contributed by atoms with Crippen LogP contribution in [0.2, 0.25) is 0 Å². The highest BCUT2D eigenvalue weighted by Crippen LogP contribution is 2.23. The van der Waals surface area contributed by atoms with Crippen molar-refractivity contribution in [2.24, 2.45) is 5.73 Å². The molecule has 0 bridgehead atoms. The first-order valence-corrected chi connectivity index (χ1v) is 3.86. The third kappa shape index (κ3) is 0.991. The molecule has 1 aliphatic heterocycles. The topological polar surface area (TPSA) is 69.9 Å². The van der Waals surface area contributed by atoms with Crippen LogP contribution in [0.3, 0.4) is 0 Å². The number of nitrogens with zero attached hydrogens (tertiary/aromatic N) is 2. The molecule has 60 valence electrons. The molecule has 0 fully saturated rings. The van der Waals surface area contributed by atoms with Crippen molar-refractivity contribution in [3.63, 3.8) is 0 Å². The van der Waals surface area contributed by atoms with Gasteiger partial charge in [0.05, 0.1) is 5.69 Å². The fraction of sp³-hybridized carbons (Fsp3) is 0.571. The minimum Gasteiger partial charge on any atom is -0.382 e. The van der Waals surface area contributed by atoms with Crippen molar-refractivity contribution in [3.05, 3.63) is 11.8 Å². The molecule has 4 nitrogen and oxygen atoms in total. The normalized spacial score (nSPS) is 23.2. The quantitative estimate of drug-likeness (QED) is 0.560. The fourth-order valence-electron chi connectivity index (χ4n) is 1.54. The van der Waals surface area contributed by atoms with Gasteiger partial charge in [-0.1, -0.05) is 0 Å². The zero-order valence-corrected chi connectivity index (χ0v) is 6.33. The smallest absolute Gasteiger partial charge is 0.145 e.